The van der Waals surface area contributed by atoms with E-state index in [-0.39, 0.29) is 17.4 Å². The van der Waals surface area contributed by atoms with Crippen molar-refractivity contribution in [1.82, 2.24) is 0 Å². The Hall–Kier alpha value is -0.510. The Balaban J connectivity index is 2.70. The molecule has 86 valence electrons. The van der Waals surface area contributed by atoms with Gasteiger partial charge in [-0.2, -0.15) is 0 Å². The molecule has 1 aliphatic heterocycles. The van der Waals surface area contributed by atoms with Crippen LogP contribution in [0.25, 0.3) is 0 Å². The predicted octanol–water partition coefficient (Wildman–Crippen LogP) is 2.50. The van der Waals surface area contributed by atoms with Gasteiger partial charge in [0.15, 0.2) is 0 Å². The summed E-state index contributed by atoms with van der Waals surface area (Å²) in [6, 6.07) is -0.283. The van der Waals surface area contributed by atoms with Gasteiger partial charge in [0.1, 0.15) is 6.04 Å². The van der Waals surface area contributed by atoms with Crippen molar-refractivity contribution in [3.63, 3.8) is 0 Å². The van der Waals surface area contributed by atoms with Crippen LogP contribution in [0.4, 0.5) is 0 Å². The average Bonchev–Trinajstić information content (AvgIpc) is 2.44. The molecule has 1 aliphatic rings. The van der Waals surface area contributed by atoms with Gasteiger partial charge in [0.2, 0.25) is 0 Å². The molecule has 0 bridgehead atoms. The first-order chi connectivity index (χ1) is 7.01. The minimum absolute atomic E-state index is 0.0259. The van der Waals surface area contributed by atoms with Crippen molar-refractivity contribution in [2.75, 3.05) is 12.4 Å². The fourth-order valence-corrected chi connectivity index (χ4v) is 2.63. The number of ether oxygens (including phenoxy) is 1. The molecule has 1 unspecified atom stereocenters. The lowest BCUT2D eigenvalue weighted by Gasteiger charge is -2.19. The maximum atomic E-state index is 11.5. The Morgan fingerprint density at radius 1 is 1.60 bits per heavy atom. The number of rotatable bonds is 3. The van der Waals surface area contributed by atoms with Gasteiger partial charge in [-0.05, 0) is 19.1 Å². The molecule has 0 saturated carbocycles. The summed E-state index contributed by atoms with van der Waals surface area (Å²) in [5, 5.41) is 1.09. The van der Waals surface area contributed by atoms with Crippen LogP contribution in [0.2, 0.25) is 0 Å². The van der Waals surface area contributed by atoms with E-state index in [0.717, 1.165) is 17.2 Å². The maximum absolute atomic E-state index is 11.5. The lowest BCUT2D eigenvalue weighted by Crippen LogP contribution is -2.23. The van der Waals surface area contributed by atoms with Gasteiger partial charge in [0.05, 0.1) is 11.7 Å². The van der Waals surface area contributed by atoms with Crippen molar-refractivity contribution < 1.29 is 9.53 Å². The van der Waals surface area contributed by atoms with Crippen LogP contribution in [0.1, 0.15) is 34.1 Å². The number of nitrogens with zero attached hydrogens (tertiary/aromatic N) is 1. The van der Waals surface area contributed by atoms with Crippen molar-refractivity contribution in [3.8, 4) is 0 Å². The molecule has 4 heteroatoms. The number of thioether (sulfide) groups is 1. The first-order valence-corrected chi connectivity index (χ1v) is 6.37. The summed E-state index contributed by atoms with van der Waals surface area (Å²) in [4.78, 5) is 16.0. The quantitative estimate of drug-likeness (QED) is 0.698. The standard InChI is InChI=1S/C11H19NO2S/c1-5-14-9(13)8-7-11(3,4)10(12-8)15-6-2/h8H,5-7H2,1-4H3. The molecule has 0 amide bonds. The highest BCUT2D eigenvalue weighted by atomic mass is 32.2. The molecule has 0 aromatic heterocycles. The second-order valence-electron chi connectivity index (χ2n) is 4.22. The van der Waals surface area contributed by atoms with Crippen LogP contribution in [0.5, 0.6) is 0 Å². The first-order valence-electron chi connectivity index (χ1n) is 5.39. The SMILES string of the molecule is CCOC(=O)C1CC(C)(C)C(SCC)=N1. The molecule has 0 aromatic carbocycles. The van der Waals surface area contributed by atoms with E-state index in [1.165, 1.54) is 0 Å². The fourth-order valence-electron chi connectivity index (χ4n) is 1.68. The highest BCUT2D eigenvalue weighted by Gasteiger charge is 2.38. The summed E-state index contributed by atoms with van der Waals surface area (Å²) >= 11 is 1.73. The third kappa shape index (κ3) is 2.97. The molecular formula is C11H19NO2S. The first kappa shape index (κ1) is 12.6. The molecule has 0 radical (unpaired) electrons. The van der Waals surface area contributed by atoms with Gasteiger partial charge in [-0.25, -0.2) is 4.79 Å². The van der Waals surface area contributed by atoms with Crippen molar-refractivity contribution in [1.29, 1.82) is 0 Å². The summed E-state index contributed by atoms with van der Waals surface area (Å²) in [6.07, 6.45) is 0.772. The molecule has 0 N–H and O–H groups in total. The number of carbonyl (C=O) groups excluding carboxylic acids is 1. The van der Waals surface area contributed by atoms with Crippen LogP contribution >= 0.6 is 11.8 Å². The van der Waals surface area contributed by atoms with Crippen molar-refractivity contribution in [2.45, 2.75) is 40.2 Å². The second kappa shape index (κ2) is 5.01. The Morgan fingerprint density at radius 2 is 2.27 bits per heavy atom. The summed E-state index contributed by atoms with van der Waals surface area (Å²) < 4.78 is 4.99. The van der Waals surface area contributed by atoms with Crippen molar-refractivity contribution in [3.05, 3.63) is 0 Å². The van der Waals surface area contributed by atoms with Gasteiger partial charge in [0.25, 0.3) is 0 Å². The molecule has 1 heterocycles. The molecule has 0 spiro atoms. The van der Waals surface area contributed by atoms with E-state index < -0.39 is 0 Å². The smallest absolute Gasteiger partial charge is 0.330 e. The number of carbonyl (C=O) groups is 1. The minimum atomic E-state index is -0.283. The number of hydrogen-bond acceptors (Lipinski definition) is 4. The lowest BCUT2D eigenvalue weighted by atomic mass is 9.90. The third-order valence-electron chi connectivity index (χ3n) is 2.40. The predicted molar refractivity (Wildman–Crippen MR) is 64.4 cm³/mol. The molecule has 0 aliphatic carbocycles. The van der Waals surface area contributed by atoms with Crippen LogP contribution < -0.4 is 0 Å². The summed E-state index contributed by atoms with van der Waals surface area (Å²) in [5.41, 5.74) is 0.0259. The van der Waals surface area contributed by atoms with Crippen molar-refractivity contribution in [2.24, 2.45) is 10.4 Å². The van der Waals surface area contributed by atoms with Gasteiger partial charge >= 0.3 is 5.97 Å². The summed E-state index contributed by atoms with van der Waals surface area (Å²) in [7, 11) is 0. The fraction of sp³-hybridized carbons (Fsp3) is 0.818. The molecule has 0 saturated heterocycles. The van der Waals surface area contributed by atoms with Crippen LogP contribution in [0.3, 0.4) is 0 Å². The van der Waals surface area contributed by atoms with E-state index in [2.05, 4.69) is 25.8 Å². The zero-order chi connectivity index (χ0) is 11.5. The molecule has 15 heavy (non-hydrogen) atoms. The van der Waals surface area contributed by atoms with Crippen LogP contribution in [-0.2, 0) is 9.53 Å². The summed E-state index contributed by atoms with van der Waals surface area (Å²) in [6.45, 7) is 8.62. The van der Waals surface area contributed by atoms with E-state index >= 15 is 0 Å². The van der Waals surface area contributed by atoms with E-state index in [1.807, 2.05) is 6.92 Å². The third-order valence-corrected chi connectivity index (χ3v) is 3.62. The van der Waals surface area contributed by atoms with Gasteiger partial charge in [-0.15, -0.1) is 11.8 Å². The second-order valence-corrected chi connectivity index (χ2v) is 5.48. The van der Waals surface area contributed by atoms with E-state index in [0.29, 0.717) is 6.61 Å². The van der Waals surface area contributed by atoms with E-state index in [1.54, 1.807) is 11.8 Å². The Morgan fingerprint density at radius 3 is 2.80 bits per heavy atom. The molecule has 0 aromatic rings. The number of hydrogen-bond donors (Lipinski definition) is 0. The molecular weight excluding hydrogens is 210 g/mol. The van der Waals surface area contributed by atoms with Gasteiger partial charge in [-0.3, -0.25) is 4.99 Å². The highest BCUT2D eigenvalue weighted by molar-refractivity contribution is 8.14. The number of aliphatic imine (C=N–C) groups is 1. The zero-order valence-corrected chi connectivity index (χ0v) is 10.7. The summed E-state index contributed by atoms with van der Waals surface area (Å²) in [5.74, 6) is 0.815. The lowest BCUT2D eigenvalue weighted by molar-refractivity contribution is -0.144. The Labute approximate surface area is 95.7 Å². The average molecular weight is 229 g/mol. The van der Waals surface area contributed by atoms with Crippen LogP contribution in [-0.4, -0.2) is 29.4 Å². The normalized spacial score (nSPS) is 23.7. The largest absolute Gasteiger partial charge is 0.464 e. The molecule has 3 nitrogen and oxygen atoms in total. The highest BCUT2D eigenvalue weighted by Crippen LogP contribution is 2.37. The Bertz CT molecular complexity index is 274. The van der Waals surface area contributed by atoms with Gasteiger partial charge in [-0.1, -0.05) is 20.8 Å². The number of esters is 1. The van der Waals surface area contributed by atoms with Gasteiger partial charge < -0.3 is 4.74 Å². The van der Waals surface area contributed by atoms with Crippen LogP contribution in [0.15, 0.2) is 4.99 Å². The van der Waals surface area contributed by atoms with E-state index in [4.69, 9.17) is 4.74 Å². The molecule has 1 rings (SSSR count). The molecule has 0 fully saturated rings. The van der Waals surface area contributed by atoms with Crippen molar-refractivity contribution >= 4 is 22.8 Å². The zero-order valence-electron chi connectivity index (χ0n) is 9.87. The van der Waals surface area contributed by atoms with Gasteiger partial charge in [0, 0.05) is 5.41 Å². The van der Waals surface area contributed by atoms with Crippen LogP contribution in [0, 0.1) is 5.41 Å². The Kier molecular flexibility index (Phi) is 4.20. The monoisotopic (exact) mass is 229 g/mol. The topological polar surface area (TPSA) is 38.7 Å². The minimum Gasteiger partial charge on any atom is -0.464 e. The molecule has 1 atom stereocenters. The maximum Gasteiger partial charge on any atom is 0.330 e. The van der Waals surface area contributed by atoms with E-state index in [9.17, 15) is 4.79 Å².